The first-order valence-corrected chi connectivity index (χ1v) is 8.55. The van der Waals surface area contributed by atoms with E-state index in [2.05, 4.69) is 4.98 Å². The Balaban J connectivity index is 1.65. The average Bonchev–Trinajstić information content (AvgIpc) is 3.14. The second-order valence-corrected chi connectivity index (χ2v) is 6.59. The highest BCUT2D eigenvalue weighted by atomic mass is 16.5. The fourth-order valence-electron chi connectivity index (χ4n) is 2.38. The van der Waals surface area contributed by atoms with Crippen molar-refractivity contribution in [2.75, 3.05) is 0 Å². The summed E-state index contributed by atoms with van der Waals surface area (Å²) in [5.41, 5.74) is 0.282. The lowest BCUT2D eigenvalue weighted by atomic mass is 10.1. The Morgan fingerprint density at radius 2 is 1.70 bits per heavy atom. The van der Waals surface area contributed by atoms with Gasteiger partial charge in [0.05, 0.1) is 0 Å². The number of benzene rings is 2. The van der Waals surface area contributed by atoms with Gasteiger partial charge in [-0.1, -0.05) is 18.2 Å². The summed E-state index contributed by atoms with van der Waals surface area (Å²) in [4.78, 5) is 15.6. The minimum atomic E-state index is -1.30. The monoisotopic (exact) mass is 367 g/mol. The molecule has 0 aliphatic rings. The molecule has 0 saturated heterocycles. The van der Waals surface area contributed by atoms with E-state index in [0.717, 1.165) is 5.56 Å². The van der Waals surface area contributed by atoms with Crippen molar-refractivity contribution < 1.29 is 23.8 Å². The number of carbonyl (C=O) groups is 1. The van der Waals surface area contributed by atoms with Crippen molar-refractivity contribution in [3.8, 4) is 23.0 Å². The van der Waals surface area contributed by atoms with Crippen LogP contribution in [0.3, 0.4) is 0 Å². The molecule has 2 aromatic carbocycles. The quantitative estimate of drug-likeness (QED) is 0.650. The van der Waals surface area contributed by atoms with Crippen LogP contribution >= 0.6 is 0 Å². The minimum Gasteiger partial charge on any atom is -0.484 e. The molecule has 0 radical (unpaired) electrons. The van der Waals surface area contributed by atoms with Gasteiger partial charge in [-0.2, -0.15) is 0 Å². The minimum absolute atomic E-state index is 0.312. The van der Waals surface area contributed by atoms with Crippen molar-refractivity contribution in [1.29, 1.82) is 0 Å². The van der Waals surface area contributed by atoms with E-state index in [9.17, 15) is 4.79 Å². The third-order valence-corrected chi connectivity index (χ3v) is 3.98. The molecule has 1 N–H and O–H groups in total. The van der Waals surface area contributed by atoms with Crippen molar-refractivity contribution in [2.24, 2.45) is 0 Å². The summed E-state index contributed by atoms with van der Waals surface area (Å²) in [5.74, 6) is 0.583. The Labute approximate surface area is 157 Å². The molecule has 3 aromatic rings. The highest BCUT2D eigenvalue weighted by Gasteiger charge is 2.29. The summed E-state index contributed by atoms with van der Waals surface area (Å²) in [6.07, 6.45) is 1.27. The number of nitrogens with zero attached hydrogens (tertiary/aromatic N) is 1. The molecule has 0 saturated carbocycles. The van der Waals surface area contributed by atoms with Crippen LogP contribution in [0.2, 0.25) is 0 Å². The number of aliphatic carboxylic acids is 1. The van der Waals surface area contributed by atoms with Crippen molar-refractivity contribution in [3.05, 3.63) is 66.6 Å². The Morgan fingerprint density at radius 1 is 1.07 bits per heavy atom. The number of hydrogen-bond donors (Lipinski definition) is 1. The summed E-state index contributed by atoms with van der Waals surface area (Å²) in [6, 6.07) is 16.4. The number of aromatic nitrogens is 1. The first-order chi connectivity index (χ1) is 12.8. The average molecular weight is 367 g/mol. The van der Waals surface area contributed by atoms with Crippen LogP contribution in [-0.2, 0) is 4.79 Å². The van der Waals surface area contributed by atoms with E-state index in [4.69, 9.17) is 19.0 Å². The van der Waals surface area contributed by atoms with Gasteiger partial charge in [-0.05, 0) is 57.2 Å². The van der Waals surface area contributed by atoms with Crippen molar-refractivity contribution >= 4 is 5.97 Å². The van der Waals surface area contributed by atoms with Gasteiger partial charge in [0.2, 0.25) is 5.89 Å². The summed E-state index contributed by atoms with van der Waals surface area (Å²) >= 11 is 0. The Bertz CT molecular complexity index is 900. The molecule has 0 bridgehead atoms. The van der Waals surface area contributed by atoms with E-state index in [1.807, 2.05) is 37.3 Å². The molecule has 0 fully saturated rings. The zero-order valence-electron chi connectivity index (χ0n) is 15.4. The second-order valence-electron chi connectivity index (χ2n) is 6.59. The van der Waals surface area contributed by atoms with Crippen LogP contribution in [0, 0.1) is 0 Å². The van der Waals surface area contributed by atoms with E-state index < -0.39 is 11.6 Å². The van der Waals surface area contributed by atoms with Gasteiger partial charge in [0, 0.05) is 5.56 Å². The summed E-state index contributed by atoms with van der Waals surface area (Å²) in [5, 5.41) is 9.12. The lowest BCUT2D eigenvalue weighted by molar-refractivity contribution is -0.152. The zero-order valence-corrected chi connectivity index (χ0v) is 15.4. The second kappa shape index (κ2) is 7.53. The molecule has 6 nitrogen and oxygen atoms in total. The number of rotatable bonds is 7. The third kappa shape index (κ3) is 4.47. The predicted octanol–water partition coefficient (Wildman–Crippen LogP) is 4.72. The SMILES string of the molecule is CC(Oc1ccc(OC(C)(C)C(=O)O)cc1)c1coc(-c2ccccc2)n1. The maximum absolute atomic E-state index is 11.1. The van der Waals surface area contributed by atoms with Gasteiger partial charge < -0.3 is 19.0 Å². The number of carboxylic acids is 1. The van der Waals surface area contributed by atoms with Gasteiger partial charge in [-0.25, -0.2) is 9.78 Å². The number of hydrogen-bond acceptors (Lipinski definition) is 5. The van der Waals surface area contributed by atoms with Gasteiger partial charge in [0.15, 0.2) is 5.60 Å². The van der Waals surface area contributed by atoms with Crippen LogP contribution in [0.4, 0.5) is 0 Å². The molecule has 0 aliphatic carbocycles. The van der Waals surface area contributed by atoms with E-state index in [1.54, 1.807) is 30.5 Å². The van der Waals surface area contributed by atoms with Gasteiger partial charge in [-0.3, -0.25) is 0 Å². The van der Waals surface area contributed by atoms with Crippen molar-refractivity contribution in [3.63, 3.8) is 0 Å². The molecule has 3 rings (SSSR count). The molecular weight excluding hydrogens is 346 g/mol. The summed E-state index contributed by atoms with van der Waals surface area (Å²) < 4.78 is 16.9. The fraction of sp³-hybridized carbons (Fsp3) is 0.238. The number of ether oxygens (including phenoxy) is 2. The van der Waals surface area contributed by atoms with E-state index in [0.29, 0.717) is 23.1 Å². The van der Waals surface area contributed by atoms with E-state index in [1.165, 1.54) is 13.8 Å². The molecule has 1 atom stereocenters. The highest BCUT2D eigenvalue weighted by Crippen LogP contribution is 2.27. The molecule has 140 valence electrons. The molecule has 27 heavy (non-hydrogen) atoms. The molecule has 1 heterocycles. The third-order valence-electron chi connectivity index (χ3n) is 3.98. The smallest absolute Gasteiger partial charge is 0.347 e. The molecular formula is C21H21NO5. The van der Waals surface area contributed by atoms with Crippen LogP contribution in [0.1, 0.15) is 32.6 Å². The van der Waals surface area contributed by atoms with E-state index in [-0.39, 0.29) is 6.10 Å². The Hall–Kier alpha value is -3.28. The normalized spacial score (nSPS) is 12.4. The standard InChI is InChI=1S/C21H21NO5/c1-14(18-13-25-19(22-18)15-7-5-4-6-8-15)26-16-9-11-17(12-10-16)27-21(2,3)20(23)24/h4-14H,1-3H3,(H,23,24). The zero-order chi connectivity index (χ0) is 19.4. The van der Waals surface area contributed by atoms with Gasteiger partial charge in [-0.15, -0.1) is 0 Å². The van der Waals surface area contributed by atoms with Crippen LogP contribution < -0.4 is 9.47 Å². The molecule has 0 amide bonds. The summed E-state index contributed by atoms with van der Waals surface area (Å²) in [6.45, 7) is 4.87. The van der Waals surface area contributed by atoms with Gasteiger partial charge >= 0.3 is 5.97 Å². The molecule has 6 heteroatoms. The van der Waals surface area contributed by atoms with E-state index >= 15 is 0 Å². The fourth-order valence-corrected chi connectivity index (χ4v) is 2.38. The maximum Gasteiger partial charge on any atom is 0.347 e. The predicted molar refractivity (Wildman–Crippen MR) is 99.8 cm³/mol. The Morgan fingerprint density at radius 3 is 2.33 bits per heavy atom. The molecule has 0 spiro atoms. The van der Waals surface area contributed by atoms with Crippen LogP contribution in [0.5, 0.6) is 11.5 Å². The first-order valence-electron chi connectivity index (χ1n) is 8.55. The van der Waals surface area contributed by atoms with Crippen molar-refractivity contribution in [2.45, 2.75) is 32.5 Å². The maximum atomic E-state index is 11.1. The largest absolute Gasteiger partial charge is 0.484 e. The topological polar surface area (TPSA) is 81.8 Å². The molecule has 1 unspecified atom stereocenters. The Kier molecular flexibility index (Phi) is 5.16. The van der Waals surface area contributed by atoms with Crippen LogP contribution in [-0.4, -0.2) is 21.7 Å². The highest BCUT2D eigenvalue weighted by molar-refractivity contribution is 5.76. The summed E-state index contributed by atoms with van der Waals surface area (Å²) in [7, 11) is 0. The van der Waals surface area contributed by atoms with Gasteiger partial charge in [0.25, 0.3) is 0 Å². The molecule has 1 aromatic heterocycles. The lowest BCUT2D eigenvalue weighted by Crippen LogP contribution is -2.37. The number of carboxylic acid groups (broad SMARTS) is 1. The molecule has 0 aliphatic heterocycles. The lowest BCUT2D eigenvalue weighted by Gasteiger charge is -2.21. The van der Waals surface area contributed by atoms with Crippen LogP contribution in [0.15, 0.2) is 65.3 Å². The first kappa shape index (κ1) is 18.5. The van der Waals surface area contributed by atoms with Gasteiger partial charge in [0.1, 0.15) is 29.6 Å². The van der Waals surface area contributed by atoms with Crippen molar-refractivity contribution in [1.82, 2.24) is 4.98 Å². The number of oxazole rings is 1. The van der Waals surface area contributed by atoms with Crippen LogP contribution in [0.25, 0.3) is 11.5 Å².